The Hall–Kier alpha value is -0.650. The van der Waals surface area contributed by atoms with E-state index in [4.69, 9.17) is 10.6 Å². The normalized spacial score (nSPS) is 32.9. The van der Waals surface area contributed by atoms with Gasteiger partial charge in [0, 0.05) is 13.1 Å². The summed E-state index contributed by atoms with van der Waals surface area (Å²) in [4.78, 5) is 13.8. The lowest BCUT2D eigenvalue weighted by Crippen LogP contribution is -2.40. The van der Waals surface area contributed by atoms with Gasteiger partial charge in [-0.3, -0.25) is 10.2 Å². The number of hydrogen-bond donors (Lipinski definition) is 2. The Bertz CT molecular complexity index is 293. The van der Waals surface area contributed by atoms with E-state index in [9.17, 15) is 4.79 Å². The molecular formula is C12H23N3O2. The summed E-state index contributed by atoms with van der Waals surface area (Å²) in [6, 6.07) is 0. The van der Waals surface area contributed by atoms with Gasteiger partial charge in [0.1, 0.15) is 6.10 Å². The molecule has 17 heavy (non-hydrogen) atoms. The van der Waals surface area contributed by atoms with E-state index in [1.807, 2.05) is 0 Å². The van der Waals surface area contributed by atoms with E-state index < -0.39 is 0 Å². The number of nitrogens with zero attached hydrogens (tertiary/aromatic N) is 1. The maximum atomic E-state index is 11.3. The molecule has 0 spiro atoms. The van der Waals surface area contributed by atoms with E-state index in [-0.39, 0.29) is 18.1 Å². The van der Waals surface area contributed by atoms with E-state index in [1.54, 1.807) is 0 Å². The van der Waals surface area contributed by atoms with Crippen LogP contribution in [-0.4, -0.2) is 42.6 Å². The standard InChI is InChI=1S/C12H23N3O2/c1-12(2)5-6-15(8-12)7-9-3-4-10(17-9)11(16)14-13/h9-10H,3-8,13H2,1-2H3,(H,14,16). The van der Waals surface area contributed by atoms with Crippen LogP contribution in [0, 0.1) is 5.41 Å². The minimum atomic E-state index is -0.347. The summed E-state index contributed by atoms with van der Waals surface area (Å²) in [5.74, 6) is 4.91. The number of ether oxygens (including phenoxy) is 1. The second kappa shape index (κ2) is 4.92. The van der Waals surface area contributed by atoms with Crippen LogP contribution in [0.3, 0.4) is 0 Å². The van der Waals surface area contributed by atoms with Crippen LogP contribution in [0.1, 0.15) is 33.1 Å². The first kappa shape index (κ1) is 12.8. The van der Waals surface area contributed by atoms with Gasteiger partial charge in [-0.1, -0.05) is 13.8 Å². The highest BCUT2D eigenvalue weighted by Gasteiger charge is 2.34. The van der Waals surface area contributed by atoms with E-state index in [0.717, 1.165) is 32.5 Å². The average molecular weight is 241 g/mol. The molecule has 2 unspecified atom stereocenters. The Morgan fingerprint density at radius 3 is 2.88 bits per heavy atom. The fraction of sp³-hybridized carbons (Fsp3) is 0.917. The van der Waals surface area contributed by atoms with Crippen LogP contribution in [0.5, 0.6) is 0 Å². The summed E-state index contributed by atoms with van der Waals surface area (Å²) in [7, 11) is 0. The van der Waals surface area contributed by atoms with Crippen LogP contribution in [0.15, 0.2) is 0 Å². The smallest absolute Gasteiger partial charge is 0.263 e. The van der Waals surface area contributed by atoms with Crippen molar-refractivity contribution >= 4 is 5.91 Å². The molecule has 98 valence electrons. The van der Waals surface area contributed by atoms with Crippen molar-refractivity contribution in [1.29, 1.82) is 0 Å². The van der Waals surface area contributed by atoms with E-state index >= 15 is 0 Å². The zero-order valence-electron chi connectivity index (χ0n) is 10.7. The fourth-order valence-electron chi connectivity index (χ4n) is 2.79. The number of rotatable bonds is 3. The molecule has 2 rings (SSSR count). The third-order valence-corrected chi connectivity index (χ3v) is 3.76. The van der Waals surface area contributed by atoms with Crippen LogP contribution in [0.25, 0.3) is 0 Å². The molecule has 2 aliphatic heterocycles. The molecule has 0 aromatic rings. The first-order valence-corrected chi connectivity index (χ1v) is 6.38. The molecule has 0 aromatic carbocycles. The summed E-state index contributed by atoms with van der Waals surface area (Å²) < 4.78 is 5.71. The van der Waals surface area contributed by atoms with Crippen molar-refractivity contribution in [3.05, 3.63) is 0 Å². The molecule has 2 aliphatic rings. The largest absolute Gasteiger partial charge is 0.364 e. The second-order valence-electron chi connectivity index (χ2n) is 5.98. The lowest BCUT2D eigenvalue weighted by molar-refractivity contribution is -0.132. The summed E-state index contributed by atoms with van der Waals surface area (Å²) in [6.07, 6.45) is 2.82. The van der Waals surface area contributed by atoms with Crippen LogP contribution in [-0.2, 0) is 9.53 Å². The maximum Gasteiger partial charge on any atom is 0.263 e. The molecule has 5 nitrogen and oxygen atoms in total. The first-order valence-electron chi connectivity index (χ1n) is 6.38. The predicted molar refractivity (Wildman–Crippen MR) is 65.1 cm³/mol. The van der Waals surface area contributed by atoms with E-state index in [2.05, 4.69) is 24.2 Å². The highest BCUT2D eigenvalue weighted by atomic mass is 16.5. The Balaban J connectivity index is 1.77. The molecule has 0 saturated carbocycles. The van der Waals surface area contributed by atoms with E-state index in [0.29, 0.717) is 5.41 Å². The van der Waals surface area contributed by atoms with Gasteiger partial charge in [-0.05, 0) is 31.2 Å². The third-order valence-electron chi connectivity index (χ3n) is 3.76. The van der Waals surface area contributed by atoms with Gasteiger partial charge in [0.2, 0.25) is 0 Å². The van der Waals surface area contributed by atoms with Gasteiger partial charge in [0.25, 0.3) is 5.91 Å². The summed E-state index contributed by atoms with van der Waals surface area (Å²) in [6.45, 7) is 7.80. The van der Waals surface area contributed by atoms with Crippen molar-refractivity contribution < 1.29 is 9.53 Å². The van der Waals surface area contributed by atoms with Gasteiger partial charge >= 0.3 is 0 Å². The number of amides is 1. The summed E-state index contributed by atoms with van der Waals surface area (Å²) in [5.41, 5.74) is 2.58. The van der Waals surface area contributed by atoms with Crippen molar-refractivity contribution in [2.45, 2.75) is 45.3 Å². The minimum absolute atomic E-state index is 0.186. The lowest BCUT2D eigenvalue weighted by Gasteiger charge is -2.22. The van der Waals surface area contributed by atoms with Crippen molar-refractivity contribution in [2.75, 3.05) is 19.6 Å². The predicted octanol–water partition coefficient (Wildman–Crippen LogP) is 0.256. The van der Waals surface area contributed by atoms with Crippen molar-refractivity contribution in [3.8, 4) is 0 Å². The Morgan fingerprint density at radius 1 is 1.53 bits per heavy atom. The molecule has 1 amide bonds. The van der Waals surface area contributed by atoms with E-state index in [1.165, 1.54) is 6.42 Å². The van der Waals surface area contributed by atoms with Crippen LogP contribution < -0.4 is 11.3 Å². The Morgan fingerprint density at radius 2 is 2.29 bits per heavy atom. The molecule has 2 heterocycles. The second-order valence-corrected chi connectivity index (χ2v) is 5.98. The fourth-order valence-corrected chi connectivity index (χ4v) is 2.79. The van der Waals surface area contributed by atoms with Gasteiger partial charge < -0.3 is 9.64 Å². The van der Waals surface area contributed by atoms with Crippen LogP contribution in [0.4, 0.5) is 0 Å². The van der Waals surface area contributed by atoms with Gasteiger partial charge in [-0.25, -0.2) is 5.84 Å². The first-order chi connectivity index (χ1) is 8.00. The molecule has 2 saturated heterocycles. The maximum absolute atomic E-state index is 11.3. The van der Waals surface area contributed by atoms with Gasteiger partial charge in [0.05, 0.1) is 6.10 Å². The topological polar surface area (TPSA) is 67.6 Å². The third kappa shape index (κ3) is 3.18. The molecule has 2 fully saturated rings. The van der Waals surface area contributed by atoms with Crippen molar-refractivity contribution in [1.82, 2.24) is 10.3 Å². The number of hydrazine groups is 1. The molecule has 0 aliphatic carbocycles. The summed E-state index contributed by atoms with van der Waals surface area (Å²) in [5, 5.41) is 0. The molecule has 0 aromatic heterocycles. The summed E-state index contributed by atoms with van der Waals surface area (Å²) >= 11 is 0. The van der Waals surface area contributed by atoms with Gasteiger partial charge in [0.15, 0.2) is 0 Å². The molecule has 3 N–H and O–H groups in total. The van der Waals surface area contributed by atoms with Gasteiger partial charge in [-0.2, -0.15) is 0 Å². The van der Waals surface area contributed by atoms with Crippen molar-refractivity contribution in [3.63, 3.8) is 0 Å². The number of nitrogens with one attached hydrogen (secondary N) is 1. The minimum Gasteiger partial charge on any atom is -0.364 e. The molecule has 5 heteroatoms. The SMILES string of the molecule is CC1(C)CCN(CC2CCC(C(=O)NN)O2)C1. The monoisotopic (exact) mass is 241 g/mol. The van der Waals surface area contributed by atoms with Crippen molar-refractivity contribution in [2.24, 2.45) is 11.3 Å². The number of hydrogen-bond acceptors (Lipinski definition) is 4. The number of carbonyl (C=O) groups is 1. The number of nitrogens with two attached hydrogens (primary N) is 1. The number of likely N-dealkylation sites (tertiary alicyclic amines) is 1. The molecule has 0 bridgehead atoms. The van der Waals surface area contributed by atoms with Crippen LogP contribution >= 0.6 is 0 Å². The van der Waals surface area contributed by atoms with Crippen LogP contribution in [0.2, 0.25) is 0 Å². The zero-order chi connectivity index (χ0) is 12.5. The molecule has 2 atom stereocenters. The van der Waals surface area contributed by atoms with Gasteiger partial charge in [-0.15, -0.1) is 0 Å². The number of carbonyl (C=O) groups excluding carboxylic acids is 1. The quantitative estimate of drug-likeness (QED) is 0.422. The Labute approximate surface area is 103 Å². The lowest BCUT2D eigenvalue weighted by atomic mass is 9.93. The Kier molecular flexibility index (Phi) is 3.70. The average Bonchev–Trinajstić information content (AvgIpc) is 2.85. The zero-order valence-corrected chi connectivity index (χ0v) is 10.7. The molecular weight excluding hydrogens is 218 g/mol. The highest BCUT2D eigenvalue weighted by molar-refractivity contribution is 5.80. The molecule has 0 radical (unpaired) electrons. The highest BCUT2D eigenvalue weighted by Crippen LogP contribution is 2.30.